The number of allylic oxidation sites excluding steroid dienone is 2. The Labute approximate surface area is 193 Å². The first-order valence-electron chi connectivity index (χ1n) is 11.9. The number of ether oxygens (including phenoxy) is 1. The van der Waals surface area contributed by atoms with Gasteiger partial charge in [-0.15, -0.1) is 6.58 Å². The van der Waals surface area contributed by atoms with Gasteiger partial charge in [-0.3, -0.25) is 0 Å². The minimum atomic E-state index is -0.109. The highest BCUT2D eigenvalue weighted by Crippen LogP contribution is 2.38. The maximum absolute atomic E-state index is 6.20. The zero-order valence-corrected chi connectivity index (χ0v) is 23.7. The van der Waals surface area contributed by atoms with Crippen molar-refractivity contribution in [2.75, 3.05) is 19.1 Å². The molecule has 182 valence electrons. The number of unbranched alkanes of at least 4 members (excludes halogenated alkanes) is 1. The van der Waals surface area contributed by atoms with Crippen molar-refractivity contribution in [2.45, 2.75) is 114 Å². The summed E-state index contributed by atoms with van der Waals surface area (Å²) in [6.45, 7) is 30.7. The van der Waals surface area contributed by atoms with Crippen LogP contribution in [0.1, 0.15) is 109 Å². The largest absolute Gasteiger partial charge is 0.371 e. The Bertz CT molecular complexity index is 437. The molecule has 1 unspecified atom stereocenters. The quantitative estimate of drug-likeness (QED) is 0.108. The zero-order valence-electron chi connectivity index (χ0n) is 22.7. The van der Waals surface area contributed by atoms with Crippen LogP contribution < -0.4 is 5.84 Å². The molecule has 1 atom stereocenters. The molecule has 0 saturated carbocycles. The van der Waals surface area contributed by atoms with Gasteiger partial charge in [-0.05, 0) is 57.0 Å². The summed E-state index contributed by atoms with van der Waals surface area (Å²) in [5.74, 6) is 6.20. The van der Waals surface area contributed by atoms with Crippen molar-refractivity contribution in [1.82, 2.24) is 5.01 Å². The van der Waals surface area contributed by atoms with E-state index in [0.717, 1.165) is 40.7 Å². The number of rotatable bonds is 12. The van der Waals surface area contributed by atoms with Gasteiger partial charge in [0, 0.05) is 12.7 Å². The fourth-order valence-corrected chi connectivity index (χ4v) is 3.67. The third-order valence-electron chi connectivity index (χ3n) is 4.68. The number of nitrogens with zero attached hydrogens (tertiary/aromatic N) is 1. The van der Waals surface area contributed by atoms with Gasteiger partial charge in [0.05, 0.1) is 11.9 Å². The van der Waals surface area contributed by atoms with E-state index in [0.29, 0.717) is 5.41 Å². The molecule has 0 radical (unpaired) electrons. The summed E-state index contributed by atoms with van der Waals surface area (Å²) in [6.07, 6.45) is 10.6. The van der Waals surface area contributed by atoms with Crippen LogP contribution in [0.4, 0.5) is 0 Å². The van der Waals surface area contributed by atoms with Crippen molar-refractivity contribution in [2.24, 2.45) is 16.7 Å². The van der Waals surface area contributed by atoms with Gasteiger partial charge in [-0.1, -0.05) is 89.0 Å². The average Bonchev–Trinajstić information content (AvgIpc) is 2.61. The summed E-state index contributed by atoms with van der Waals surface area (Å²) in [5.41, 5.74) is 1.70. The van der Waals surface area contributed by atoms with E-state index in [-0.39, 0.29) is 11.0 Å². The van der Waals surface area contributed by atoms with Gasteiger partial charge < -0.3 is 9.75 Å². The molecule has 0 bridgehead atoms. The van der Waals surface area contributed by atoms with Crippen LogP contribution in [0, 0.1) is 10.8 Å². The van der Waals surface area contributed by atoms with E-state index in [9.17, 15) is 0 Å². The molecule has 0 heterocycles. The highest BCUT2D eigenvalue weighted by atomic mass is 31.1. The summed E-state index contributed by atoms with van der Waals surface area (Å²) < 4.78 is 5.97. The zero-order chi connectivity index (χ0) is 24.4. The van der Waals surface area contributed by atoms with Crippen LogP contribution in [0.3, 0.4) is 0 Å². The summed E-state index contributed by atoms with van der Waals surface area (Å²) >= 11 is 0. The Morgan fingerprint density at radius 1 is 1.07 bits per heavy atom. The second kappa shape index (κ2) is 18.2. The molecule has 0 amide bonds. The molecule has 4 heteroatoms. The van der Waals surface area contributed by atoms with Crippen molar-refractivity contribution >= 4 is 8.58 Å². The molecule has 0 spiro atoms. The van der Waals surface area contributed by atoms with Crippen LogP contribution >= 0.6 is 8.58 Å². The fourth-order valence-electron chi connectivity index (χ4n) is 2.98. The first-order chi connectivity index (χ1) is 13.7. The van der Waals surface area contributed by atoms with E-state index >= 15 is 0 Å². The average molecular weight is 445 g/mol. The lowest BCUT2D eigenvalue weighted by Gasteiger charge is -2.34. The van der Waals surface area contributed by atoms with Gasteiger partial charge in [0.15, 0.2) is 0 Å². The molecule has 0 aliphatic rings. The highest BCUT2D eigenvalue weighted by Gasteiger charge is 2.27. The Balaban J connectivity index is -0.000000901. The maximum atomic E-state index is 6.20. The van der Waals surface area contributed by atoms with Crippen molar-refractivity contribution in [1.29, 1.82) is 0 Å². The van der Waals surface area contributed by atoms with E-state index in [1.54, 1.807) is 0 Å². The van der Waals surface area contributed by atoms with E-state index in [1.807, 2.05) is 24.9 Å². The Kier molecular flexibility index (Phi) is 20.8. The molecule has 0 aliphatic heterocycles. The van der Waals surface area contributed by atoms with Crippen LogP contribution in [0.25, 0.3) is 0 Å². The number of hydrazine groups is 1. The Morgan fingerprint density at radius 2 is 1.60 bits per heavy atom. The lowest BCUT2D eigenvalue weighted by Crippen LogP contribution is -2.35. The van der Waals surface area contributed by atoms with Crippen LogP contribution in [0.15, 0.2) is 24.4 Å². The highest BCUT2D eigenvalue weighted by molar-refractivity contribution is 7.37. The van der Waals surface area contributed by atoms with E-state index < -0.39 is 0 Å². The van der Waals surface area contributed by atoms with Gasteiger partial charge in [0.25, 0.3) is 0 Å². The molecule has 0 aromatic carbocycles. The van der Waals surface area contributed by atoms with Gasteiger partial charge in [-0.25, -0.2) is 5.84 Å². The second-order valence-electron chi connectivity index (χ2n) is 10.2. The Morgan fingerprint density at radius 3 is 1.97 bits per heavy atom. The predicted octanol–water partition coefficient (Wildman–Crippen LogP) is 8.37. The van der Waals surface area contributed by atoms with Crippen LogP contribution in [-0.4, -0.2) is 29.7 Å². The normalized spacial score (nSPS) is 12.8. The summed E-state index contributed by atoms with van der Waals surface area (Å²) in [4.78, 5) is 0. The molecule has 3 nitrogen and oxygen atoms in total. The van der Waals surface area contributed by atoms with Crippen molar-refractivity contribution < 1.29 is 4.74 Å². The van der Waals surface area contributed by atoms with Gasteiger partial charge >= 0.3 is 0 Å². The van der Waals surface area contributed by atoms with E-state index in [4.69, 9.17) is 10.6 Å². The van der Waals surface area contributed by atoms with E-state index in [1.165, 1.54) is 18.2 Å². The first-order valence-corrected chi connectivity index (χ1v) is 13.3. The van der Waals surface area contributed by atoms with E-state index in [2.05, 4.69) is 82.0 Å². The monoisotopic (exact) mass is 444 g/mol. The van der Waals surface area contributed by atoms with Crippen LogP contribution in [-0.2, 0) is 4.74 Å². The smallest absolute Gasteiger partial charge is 0.0648 e. The number of hydrogen-bond donors (Lipinski definition) is 1. The molecule has 2 N–H and O–H groups in total. The molecule has 0 aromatic rings. The molecule has 0 aromatic heterocycles. The third kappa shape index (κ3) is 22.3. The molecule has 0 rings (SSSR count). The fraction of sp³-hybridized carbons (Fsp3) is 0.846. The van der Waals surface area contributed by atoms with Crippen molar-refractivity contribution in [3.63, 3.8) is 0 Å². The number of hydrogen-bond acceptors (Lipinski definition) is 3. The summed E-state index contributed by atoms with van der Waals surface area (Å²) in [7, 11) is 0.891. The van der Waals surface area contributed by atoms with Crippen LogP contribution in [0.5, 0.6) is 0 Å². The minimum absolute atomic E-state index is 0.109. The molecule has 30 heavy (non-hydrogen) atoms. The minimum Gasteiger partial charge on any atom is -0.371 e. The first kappa shape index (κ1) is 34.2. The number of nitrogens with two attached hydrogens (primary N) is 1. The van der Waals surface area contributed by atoms with Crippen molar-refractivity contribution in [3.8, 4) is 0 Å². The summed E-state index contributed by atoms with van der Waals surface area (Å²) in [5, 5.41) is 1.83. The third-order valence-corrected chi connectivity index (χ3v) is 5.53. The topological polar surface area (TPSA) is 38.5 Å². The SMILES string of the molecule is C=CCCC.CC.CCPCOC(C)(C)CCN(N)/C=C(\C)C(C)(C)CC(C)(C)C. The molecule has 0 saturated heterocycles. The maximum Gasteiger partial charge on any atom is 0.0648 e. The molecular formula is C26H57N2OP. The lowest BCUT2D eigenvalue weighted by molar-refractivity contribution is -0.000478. The van der Waals surface area contributed by atoms with Crippen molar-refractivity contribution in [3.05, 3.63) is 24.4 Å². The Hall–Kier alpha value is -0.370. The standard InChI is InChI=1S/C19H41N2OP.C5H10.C2H6/c1-10-23-15-22-19(8,9)11-12-21(20)13-16(2)18(6,7)14-17(3,4)5;1-3-5-4-2;1-2/h13,23H,10-12,14-15,20H2,1-9H3;3H,1,4-5H2,2H3;1-2H3/b16-13+;;. The van der Waals surface area contributed by atoms with Gasteiger partial charge in [-0.2, -0.15) is 0 Å². The molecular weight excluding hydrogens is 387 g/mol. The van der Waals surface area contributed by atoms with Gasteiger partial charge in [0.2, 0.25) is 0 Å². The molecule has 0 aliphatic carbocycles. The summed E-state index contributed by atoms with van der Waals surface area (Å²) in [6, 6.07) is 0. The lowest BCUT2D eigenvalue weighted by atomic mass is 9.72. The second-order valence-corrected chi connectivity index (χ2v) is 11.6. The molecule has 0 fully saturated rings. The van der Waals surface area contributed by atoms with Gasteiger partial charge in [0.1, 0.15) is 0 Å². The predicted molar refractivity (Wildman–Crippen MR) is 142 cm³/mol. The van der Waals surface area contributed by atoms with Crippen LogP contribution in [0.2, 0.25) is 0 Å².